The van der Waals surface area contributed by atoms with Crippen LogP contribution >= 0.6 is 11.3 Å². The molecular weight excluding hydrogens is 318 g/mol. The zero-order valence-corrected chi connectivity index (χ0v) is 14.6. The number of benzene rings is 1. The Kier molecular flexibility index (Phi) is 3.81. The summed E-state index contributed by atoms with van der Waals surface area (Å²) in [4.78, 5) is 21.8. The highest BCUT2D eigenvalue weighted by Gasteiger charge is 2.35. The number of amides is 1. The largest absolute Gasteiger partial charge is 0.343 e. The molecule has 1 aliphatic carbocycles. The lowest BCUT2D eigenvalue weighted by atomic mass is 10.0. The number of nitrogens with one attached hydrogen (secondary N) is 1. The van der Waals surface area contributed by atoms with Crippen molar-refractivity contribution in [1.82, 2.24) is 15.3 Å². The summed E-state index contributed by atoms with van der Waals surface area (Å²) in [7, 11) is 0. The Hall–Kier alpha value is -2.27. The molecule has 0 radical (unpaired) electrons. The van der Waals surface area contributed by atoms with Gasteiger partial charge in [-0.25, -0.2) is 4.98 Å². The first kappa shape index (κ1) is 15.3. The lowest BCUT2D eigenvalue weighted by Crippen LogP contribution is -2.31. The summed E-state index contributed by atoms with van der Waals surface area (Å²) < 4.78 is 1.11. The van der Waals surface area contributed by atoms with E-state index < -0.39 is 0 Å². The SMILES string of the molecule is Cc1nc2cc(C(=O)NC(c3ncccc3C)C3CC3)ccc2s1. The van der Waals surface area contributed by atoms with E-state index in [2.05, 4.69) is 15.3 Å². The molecule has 4 nitrogen and oxygen atoms in total. The zero-order chi connectivity index (χ0) is 16.7. The third-order valence-corrected chi connectivity index (χ3v) is 5.43. The second-order valence-electron chi connectivity index (χ2n) is 6.41. The Morgan fingerprint density at radius 1 is 1.29 bits per heavy atom. The summed E-state index contributed by atoms with van der Waals surface area (Å²) in [5, 5.41) is 4.21. The summed E-state index contributed by atoms with van der Waals surface area (Å²) in [6.07, 6.45) is 4.09. The van der Waals surface area contributed by atoms with Crippen LogP contribution in [0.5, 0.6) is 0 Å². The Labute approximate surface area is 145 Å². The Morgan fingerprint density at radius 2 is 2.12 bits per heavy atom. The number of carbonyl (C=O) groups excluding carboxylic acids is 1. The van der Waals surface area contributed by atoms with Crippen LogP contribution in [0.15, 0.2) is 36.5 Å². The van der Waals surface area contributed by atoms with Gasteiger partial charge < -0.3 is 5.32 Å². The van der Waals surface area contributed by atoms with Gasteiger partial charge in [0, 0.05) is 11.8 Å². The normalized spacial score (nSPS) is 15.4. The maximum Gasteiger partial charge on any atom is 0.251 e. The Bertz CT molecular complexity index is 914. The van der Waals surface area contributed by atoms with Gasteiger partial charge in [-0.2, -0.15) is 0 Å². The molecule has 5 heteroatoms. The molecule has 0 aliphatic heterocycles. The molecule has 122 valence electrons. The van der Waals surface area contributed by atoms with Crippen LogP contribution in [0.4, 0.5) is 0 Å². The van der Waals surface area contributed by atoms with Crippen molar-refractivity contribution in [2.24, 2.45) is 5.92 Å². The van der Waals surface area contributed by atoms with Gasteiger partial charge in [0.1, 0.15) is 0 Å². The van der Waals surface area contributed by atoms with Crippen molar-refractivity contribution in [1.29, 1.82) is 0 Å². The van der Waals surface area contributed by atoms with E-state index in [4.69, 9.17) is 0 Å². The van der Waals surface area contributed by atoms with Gasteiger partial charge in [-0.05, 0) is 62.4 Å². The average molecular weight is 337 g/mol. The molecule has 1 aliphatic rings. The molecule has 1 N–H and O–H groups in total. The smallest absolute Gasteiger partial charge is 0.251 e. The lowest BCUT2D eigenvalue weighted by molar-refractivity contribution is 0.0930. The Morgan fingerprint density at radius 3 is 2.88 bits per heavy atom. The van der Waals surface area contributed by atoms with E-state index in [-0.39, 0.29) is 11.9 Å². The van der Waals surface area contributed by atoms with Crippen molar-refractivity contribution in [3.8, 4) is 0 Å². The molecule has 24 heavy (non-hydrogen) atoms. The molecule has 1 atom stereocenters. The molecule has 1 fully saturated rings. The first-order valence-electron chi connectivity index (χ1n) is 8.21. The first-order valence-corrected chi connectivity index (χ1v) is 9.03. The lowest BCUT2D eigenvalue weighted by Gasteiger charge is -2.19. The number of pyridine rings is 1. The van der Waals surface area contributed by atoms with E-state index in [1.807, 2.05) is 44.2 Å². The van der Waals surface area contributed by atoms with Crippen molar-refractivity contribution < 1.29 is 4.79 Å². The second kappa shape index (κ2) is 5.98. The van der Waals surface area contributed by atoms with Crippen LogP contribution in [0.25, 0.3) is 10.2 Å². The van der Waals surface area contributed by atoms with E-state index in [0.29, 0.717) is 11.5 Å². The standard InChI is InChI=1S/C19H19N3OS/c1-11-4-3-9-20-17(11)18(13-5-6-13)22-19(23)14-7-8-16-15(10-14)21-12(2)24-16/h3-4,7-10,13,18H,5-6H2,1-2H3,(H,22,23). The van der Waals surface area contributed by atoms with Gasteiger partial charge in [-0.15, -0.1) is 11.3 Å². The van der Waals surface area contributed by atoms with Crippen LogP contribution < -0.4 is 5.32 Å². The van der Waals surface area contributed by atoms with Gasteiger partial charge >= 0.3 is 0 Å². The number of carbonyl (C=O) groups is 1. The molecular formula is C19H19N3OS. The monoisotopic (exact) mass is 337 g/mol. The van der Waals surface area contributed by atoms with Crippen LogP contribution in [0.1, 0.15) is 45.5 Å². The van der Waals surface area contributed by atoms with Gasteiger partial charge in [0.15, 0.2) is 0 Å². The predicted molar refractivity (Wildman–Crippen MR) is 96.3 cm³/mol. The molecule has 1 amide bonds. The van der Waals surface area contributed by atoms with Gasteiger partial charge in [0.05, 0.1) is 27.0 Å². The topological polar surface area (TPSA) is 54.9 Å². The molecule has 2 heterocycles. The third-order valence-electron chi connectivity index (χ3n) is 4.48. The molecule has 1 saturated carbocycles. The Balaban J connectivity index is 1.61. The maximum atomic E-state index is 12.8. The number of fused-ring (bicyclic) bond motifs is 1. The summed E-state index contributed by atoms with van der Waals surface area (Å²) in [6, 6.07) is 9.71. The van der Waals surface area contributed by atoms with E-state index >= 15 is 0 Å². The number of rotatable bonds is 4. The fraction of sp³-hybridized carbons (Fsp3) is 0.316. The van der Waals surface area contributed by atoms with E-state index in [1.165, 1.54) is 0 Å². The highest BCUT2D eigenvalue weighted by atomic mass is 32.1. The van der Waals surface area contributed by atoms with Gasteiger partial charge in [0.25, 0.3) is 5.91 Å². The predicted octanol–water partition coefficient (Wildman–Crippen LogP) is 4.19. The minimum Gasteiger partial charge on any atom is -0.343 e. The number of hydrogen-bond donors (Lipinski definition) is 1. The summed E-state index contributed by atoms with van der Waals surface area (Å²) >= 11 is 1.65. The molecule has 0 saturated heterocycles. The van der Waals surface area contributed by atoms with Crippen LogP contribution in [0.2, 0.25) is 0 Å². The van der Waals surface area contributed by atoms with Crippen molar-refractivity contribution in [2.45, 2.75) is 32.7 Å². The molecule has 0 bridgehead atoms. The second-order valence-corrected chi connectivity index (χ2v) is 7.64. The van der Waals surface area contributed by atoms with Crippen LogP contribution in [-0.2, 0) is 0 Å². The fourth-order valence-electron chi connectivity index (χ4n) is 3.07. The van der Waals surface area contributed by atoms with Crippen LogP contribution in [0, 0.1) is 19.8 Å². The number of aromatic nitrogens is 2. The molecule has 4 rings (SSSR count). The minimum absolute atomic E-state index is 0.00781. The van der Waals surface area contributed by atoms with Gasteiger partial charge in [-0.1, -0.05) is 6.07 Å². The molecule has 1 unspecified atom stereocenters. The highest BCUT2D eigenvalue weighted by molar-refractivity contribution is 7.18. The summed E-state index contributed by atoms with van der Waals surface area (Å²) in [6.45, 7) is 4.03. The molecule has 0 spiro atoms. The van der Waals surface area contributed by atoms with Crippen molar-refractivity contribution in [3.63, 3.8) is 0 Å². The van der Waals surface area contributed by atoms with Gasteiger partial charge in [0.2, 0.25) is 0 Å². The molecule has 1 aromatic carbocycles. The first-order chi connectivity index (χ1) is 11.6. The van der Waals surface area contributed by atoms with E-state index in [9.17, 15) is 4.79 Å². The third kappa shape index (κ3) is 2.91. The van der Waals surface area contributed by atoms with Crippen molar-refractivity contribution in [3.05, 3.63) is 58.4 Å². The fourth-order valence-corrected chi connectivity index (χ4v) is 3.88. The quantitative estimate of drug-likeness (QED) is 0.776. The molecule has 2 aromatic heterocycles. The van der Waals surface area contributed by atoms with Crippen LogP contribution in [-0.4, -0.2) is 15.9 Å². The number of nitrogens with zero attached hydrogens (tertiary/aromatic N) is 2. The number of hydrogen-bond acceptors (Lipinski definition) is 4. The number of aryl methyl sites for hydroxylation is 2. The summed E-state index contributed by atoms with van der Waals surface area (Å²) in [5.41, 5.74) is 3.66. The average Bonchev–Trinajstić information content (AvgIpc) is 3.33. The highest BCUT2D eigenvalue weighted by Crippen LogP contribution is 2.41. The van der Waals surface area contributed by atoms with Crippen molar-refractivity contribution >= 4 is 27.5 Å². The molecule has 3 aromatic rings. The van der Waals surface area contributed by atoms with Crippen molar-refractivity contribution in [2.75, 3.05) is 0 Å². The van der Waals surface area contributed by atoms with E-state index in [0.717, 1.165) is 39.3 Å². The van der Waals surface area contributed by atoms with E-state index in [1.54, 1.807) is 17.5 Å². The summed E-state index contributed by atoms with van der Waals surface area (Å²) in [5.74, 6) is 0.442. The zero-order valence-electron chi connectivity index (χ0n) is 13.7. The number of thiazole rings is 1. The van der Waals surface area contributed by atoms with Gasteiger partial charge in [-0.3, -0.25) is 9.78 Å². The minimum atomic E-state index is -0.0514. The van der Waals surface area contributed by atoms with Crippen LogP contribution in [0.3, 0.4) is 0 Å². The maximum absolute atomic E-state index is 12.8.